The van der Waals surface area contributed by atoms with E-state index in [1.54, 1.807) is 25.3 Å². The average Bonchev–Trinajstić information content (AvgIpc) is 2.46. The maximum absolute atomic E-state index is 12.5. The molecular weight excluding hydrogens is 276 g/mol. The van der Waals surface area contributed by atoms with Gasteiger partial charge < -0.3 is 9.64 Å². The first-order chi connectivity index (χ1) is 9.63. The van der Waals surface area contributed by atoms with Gasteiger partial charge in [-0.1, -0.05) is 12.1 Å². The summed E-state index contributed by atoms with van der Waals surface area (Å²) >= 11 is 6.09. The fraction of sp³-hybridized carbons (Fsp3) is 0.333. The van der Waals surface area contributed by atoms with E-state index in [0.29, 0.717) is 18.7 Å². The number of hydrogen-bond donors (Lipinski definition) is 0. The van der Waals surface area contributed by atoms with Crippen molar-refractivity contribution in [3.05, 3.63) is 42.1 Å². The average molecular weight is 293 g/mol. The van der Waals surface area contributed by atoms with E-state index in [1.165, 1.54) is 0 Å². The van der Waals surface area contributed by atoms with Crippen LogP contribution >= 0.6 is 11.6 Å². The molecule has 5 heteroatoms. The highest BCUT2D eigenvalue weighted by Gasteiger charge is 2.17. The number of ether oxygens (including phenoxy) is 1. The molecule has 1 heterocycles. The molecule has 4 nitrogen and oxygen atoms in total. The van der Waals surface area contributed by atoms with Crippen LogP contribution in [0.15, 0.2) is 36.5 Å². The minimum Gasteiger partial charge on any atom is -0.383 e. The molecule has 0 fully saturated rings. The van der Waals surface area contributed by atoms with E-state index in [4.69, 9.17) is 16.3 Å². The van der Waals surface area contributed by atoms with Gasteiger partial charge in [-0.25, -0.2) is 0 Å². The number of hydrogen-bond acceptors (Lipinski definition) is 3. The number of rotatable bonds is 5. The van der Waals surface area contributed by atoms with Gasteiger partial charge in [0.05, 0.1) is 17.5 Å². The SMILES string of the molecule is COCC(Cl)CN(C)C(=O)c1cccc2ncccc12. The summed E-state index contributed by atoms with van der Waals surface area (Å²) in [6.07, 6.45) is 1.72. The first-order valence-electron chi connectivity index (χ1n) is 6.35. The van der Waals surface area contributed by atoms with Gasteiger partial charge in [-0.2, -0.15) is 0 Å². The molecule has 0 spiro atoms. The van der Waals surface area contributed by atoms with Crippen LogP contribution in [0.4, 0.5) is 0 Å². The van der Waals surface area contributed by atoms with Gasteiger partial charge in [0.15, 0.2) is 0 Å². The zero-order valence-electron chi connectivity index (χ0n) is 11.5. The number of nitrogens with zero attached hydrogens (tertiary/aromatic N) is 2. The smallest absolute Gasteiger partial charge is 0.254 e. The van der Waals surface area contributed by atoms with Gasteiger partial charge in [-0.3, -0.25) is 9.78 Å². The Morgan fingerprint density at radius 1 is 1.40 bits per heavy atom. The van der Waals surface area contributed by atoms with Crippen molar-refractivity contribution >= 4 is 28.4 Å². The molecule has 1 aromatic carbocycles. The Balaban J connectivity index is 2.23. The molecule has 106 valence electrons. The summed E-state index contributed by atoms with van der Waals surface area (Å²) in [4.78, 5) is 18.4. The first kappa shape index (κ1) is 14.8. The van der Waals surface area contributed by atoms with Crippen molar-refractivity contribution in [3.63, 3.8) is 0 Å². The van der Waals surface area contributed by atoms with Gasteiger partial charge in [0.25, 0.3) is 5.91 Å². The number of halogens is 1. The molecule has 0 bridgehead atoms. The lowest BCUT2D eigenvalue weighted by molar-refractivity contribution is 0.0783. The van der Waals surface area contributed by atoms with Crippen molar-refractivity contribution in [2.45, 2.75) is 5.38 Å². The summed E-state index contributed by atoms with van der Waals surface area (Å²) in [6, 6.07) is 9.26. The lowest BCUT2D eigenvalue weighted by Gasteiger charge is -2.20. The quantitative estimate of drug-likeness (QED) is 0.796. The molecule has 0 aliphatic rings. The Kier molecular flexibility index (Phi) is 4.93. The van der Waals surface area contributed by atoms with Crippen molar-refractivity contribution in [1.29, 1.82) is 0 Å². The van der Waals surface area contributed by atoms with E-state index < -0.39 is 0 Å². The van der Waals surface area contributed by atoms with E-state index in [9.17, 15) is 4.79 Å². The maximum atomic E-state index is 12.5. The van der Waals surface area contributed by atoms with Crippen LogP contribution in [0.5, 0.6) is 0 Å². The van der Waals surface area contributed by atoms with Crippen LogP contribution in [-0.4, -0.2) is 48.5 Å². The third-order valence-electron chi connectivity index (χ3n) is 3.04. The predicted molar refractivity (Wildman–Crippen MR) is 80.2 cm³/mol. The van der Waals surface area contributed by atoms with Crippen LogP contribution in [0, 0.1) is 0 Å². The molecule has 2 aromatic rings. The highest BCUT2D eigenvalue weighted by atomic mass is 35.5. The third kappa shape index (κ3) is 3.26. The zero-order valence-corrected chi connectivity index (χ0v) is 12.3. The van der Waals surface area contributed by atoms with Crippen LogP contribution in [0.3, 0.4) is 0 Å². The van der Waals surface area contributed by atoms with Crippen LogP contribution < -0.4 is 0 Å². The van der Waals surface area contributed by atoms with Gasteiger partial charge >= 0.3 is 0 Å². The normalized spacial score (nSPS) is 12.3. The second-order valence-corrected chi connectivity index (χ2v) is 5.23. The number of aromatic nitrogens is 1. The van der Waals surface area contributed by atoms with Crippen molar-refractivity contribution in [2.75, 3.05) is 27.3 Å². The van der Waals surface area contributed by atoms with Gasteiger partial charge in [0, 0.05) is 37.8 Å². The lowest BCUT2D eigenvalue weighted by Crippen LogP contribution is -2.34. The van der Waals surface area contributed by atoms with E-state index in [1.807, 2.05) is 30.3 Å². The molecule has 0 aliphatic carbocycles. The van der Waals surface area contributed by atoms with Gasteiger partial charge in [-0.05, 0) is 18.2 Å². The zero-order chi connectivity index (χ0) is 14.5. The Morgan fingerprint density at radius 3 is 2.95 bits per heavy atom. The Morgan fingerprint density at radius 2 is 2.20 bits per heavy atom. The largest absolute Gasteiger partial charge is 0.383 e. The van der Waals surface area contributed by atoms with Crippen molar-refractivity contribution in [3.8, 4) is 0 Å². The maximum Gasteiger partial charge on any atom is 0.254 e. The molecule has 0 radical (unpaired) electrons. The predicted octanol–water partition coefficient (Wildman–Crippen LogP) is 2.56. The van der Waals surface area contributed by atoms with E-state index in [2.05, 4.69) is 4.98 Å². The van der Waals surface area contributed by atoms with Crippen LogP contribution in [0.2, 0.25) is 0 Å². The molecule has 0 saturated heterocycles. The summed E-state index contributed by atoms with van der Waals surface area (Å²) < 4.78 is 4.98. The third-order valence-corrected chi connectivity index (χ3v) is 3.31. The topological polar surface area (TPSA) is 42.4 Å². The van der Waals surface area contributed by atoms with E-state index in [0.717, 1.165) is 10.9 Å². The number of carbonyl (C=O) groups is 1. The van der Waals surface area contributed by atoms with Crippen molar-refractivity contribution in [1.82, 2.24) is 9.88 Å². The second kappa shape index (κ2) is 6.68. The summed E-state index contributed by atoms with van der Waals surface area (Å²) in [7, 11) is 3.33. The summed E-state index contributed by atoms with van der Waals surface area (Å²) in [5.74, 6) is -0.0645. The number of carbonyl (C=O) groups excluding carboxylic acids is 1. The highest BCUT2D eigenvalue weighted by molar-refractivity contribution is 6.21. The van der Waals surface area contributed by atoms with E-state index >= 15 is 0 Å². The van der Waals surface area contributed by atoms with Gasteiger partial charge in [0.1, 0.15) is 0 Å². The van der Waals surface area contributed by atoms with Gasteiger partial charge in [-0.15, -0.1) is 11.6 Å². The Bertz CT molecular complexity index is 598. The lowest BCUT2D eigenvalue weighted by atomic mass is 10.1. The fourth-order valence-corrected chi connectivity index (χ4v) is 2.44. The standard InChI is InChI=1S/C15H17ClN2O2/c1-18(9-11(16)10-20-2)15(19)13-5-3-7-14-12(13)6-4-8-17-14/h3-8,11H,9-10H2,1-2H3. The molecular formula is C15H17ClN2O2. The number of alkyl halides is 1. The molecule has 20 heavy (non-hydrogen) atoms. The fourth-order valence-electron chi connectivity index (χ4n) is 2.11. The van der Waals surface area contributed by atoms with Gasteiger partial charge in [0.2, 0.25) is 0 Å². The molecule has 0 saturated carbocycles. The van der Waals surface area contributed by atoms with E-state index in [-0.39, 0.29) is 11.3 Å². The number of methoxy groups -OCH3 is 1. The summed E-state index contributed by atoms with van der Waals surface area (Å²) in [5.41, 5.74) is 1.45. The number of benzene rings is 1. The monoisotopic (exact) mass is 292 g/mol. The van der Waals surface area contributed by atoms with Crippen LogP contribution in [0.1, 0.15) is 10.4 Å². The number of amides is 1. The molecule has 2 rings (SSSR count). The molecule has 1 aromatic heterocycles. The molecule has 0 N–H and O–H groups in total. The summed E-state index contributed by atoms with van der Waals surface area (Å²) in [6.45, 7) is 0.848. The number of fused-ring (bicyclic) bond motifs is 1. The van der Waals surface area contributed by atoms with Crippen molar-refractivity contribution < 1.29 is 9.53 Å². The molecule has 1 atom stereocenters. The summed E-state index contributed by atoms with van der Waals surface area (Å²) in [5, 5.41) is 0.631. The number of pyridine rings is 1. The van der Waals surface area contributed by atoms with Crippen LogP contribution in [0.25, 0.3) is 10.9 Å². The molecule has 1 amide bonds. The van der Waals surface area contributed by atoms with Crippen LogP contribution in [-0.2, 0) is 4.74 Å². The molecule has 0 aliphatic heterocycles. The van der Waals surface area contributed by atoms with Crippen molar-refractivity contribution in [2.24, 2.45) is 0 Å². The Labute approximate surface area is 123 Å². The Hall–Kier alpha value is -1.65. The minimum absolute atomic E-state index is 0.0645. The molecule has 1 unspecified atom stereocenters. The second-order valence-electron chi connectivity index (χ2n) is 4.61. The highest BCUT2D eigenvalue weighted by Crippen LogP contribution is 2.18. The minimum atomic E-state index is -0.220. The first-order valence-corrected chi connectivity index (χ1v) is 6.79.